The molecule has 3 heterocycles. The summed E-state index contributed by atoms with van der Waals surface area (Å²) in [6.45, 7) is 16.6. The summed E-state index contributed by atoms with van der Waals surface area (Å²) in [5.41, 5.74) is 4.31. The number of likely N-dealkylation sites (tertiary alicyclic amines) is 1. The molecule has 2 aromatic carbocycles. The van der Waals surface area contributed by atoms with Crippen molar-refractivity contribution in [3.8, 4) is 17.2 Å². The van der Waals surface area contributed by atoms with Crippen LogP contribution in [0, 0.1) is 0 Å². The van der Waals surface area contributed by atoms with E-state index in [0.29, 0.717) is 65.2 Å². The highest BCUT2D eigenvalue weighted by molar-refractivity contribution is 5.97. The predicted octanol–water partition coefficient (Wildman–Crippen LogP) is 7.30. The lowest BCUT2D eigenvalue weighted by Gasteiger charge is -2.26. The normalized spacial score (nSPS) is 15.8. The third-order valence-electron chi connectivity index (χ3n) is 9.87. The third-order valence-corrected chi connectivity index (χ3v) is 9.87. The molecule has 0 unspecified atom stereocenters. The maximum atomic E-state index is 14.4. The summed E-state index contributed by atoms with van der Waals surface area (Å²) in [6, 6.07) is 3.49. The highest BCUT2D eigenvalue weighted by Gasteiger charge is 2.24. The second kappa shape index (κ2) is 18.7. The van der Waals surface area contributed by atoms with Gasteiger partial charge in [-0.2, -0.15) is 0 Å². The Bertz CT molecular complexity index is 1690. The smallest absolute Gasteiger partial charge is 0.204 e. The second-order valence-electron chi connectivity index (χ2n) is 14.3. The number of fused-ring (bicyclic) bond motifs is 2. The van der Waals surface area contributed by atoms with E-state index in [-0.39, 0.29) is 28.8 Å². The fraction of sp³-hybridized carbons (Fsp3) is 0.585. The lowest BCUT2D eigenvalue weighted by atomic mass is 9.95. The first-order chi connectivity index (χ1) is 24.3. The minimum Gasteiger partial charge on any atom is -0.507 e. The molecule has 0 amide bonds. The summed E-state index contributed by atoms with van der Waals surface area (Å²) in [6.07, 6.45) is 12.6. The van der Waals surface area contributed by atoms with Gasteiger partial charge in [-0.1, -0.05) is 29.7 Å². The number of nitrogens with zero attached hydrogens (tertiary/aromatic N) is 2. The van der Waals surface area contributed by atoms with Crippen LogP contribution in [0.4, 0.5) is 0 Å². The molecule has 50 heavy (non-hydrogen) atoms. The Morgan fingerprint density at radius 3 is 1.86 bits per heavy atom. The Morgan fingerprint density at radius 2 is 1.28 bits per heavy atom. The van der Waals surface area contributed by atoms with Gasteiger partial charge < -0.3 is 33.7 Å². The van der Waals surface area contributed by atoms with E-state index in [1.165, 1.54) is 32.4 Å². The number of piperidine rings is 1. The Balaban J connectivity index is 1.47. The molecular formula is C41H58N2O7. The van der Waals surface area contributed by atoms with Gasteiger partial charge in [0.05, 0.1) is 38.4 Å². The Hall–Kier alpha value is -3.37. The molecule has 0 atom stereocenters. The van der Waals surface area contributed by atoms with Crippen LogP contribution in [0.3, 0.4) is 0 Å². The lowest BCUT2D eigenvalue weighted by Crippen LogP contribution is -2.36. The zero-order valence-electron chi connectivity index (χ0n) is 30.8. The van der Waals surface area contributed by atoms with Crippen molar-refractivity contribution >= 4 is 21.9 Å². The molecule has 5 rings (SSSR count). The topological polar surface area (TPSA) is 105 Å². The SMILES string of the molecule is CC(C)=CCc1c(OCCCCN2CCCCC2)cc2oc3cc(OCCCCN4CCOCC4)c(CO)c(CC=C(C)C)c3c(=O)c2c1O. The molecular weight excluding hydrogens is 632 g/mol. The van der Waals surface area contributed by atoms with Gasteiger partial charge in [0.25, 0.3) is 0 Å². The Labute approximate surface area is 297 Å². The molecule has 274 valence electrons. The summed E-state index contributed by atoms with van der Waals surface area (Å²) < 4.78 is 24.5. The maximum Gasteiger partial charge on any atom is 0.204 e. The van der Waals surface area contributed by atoms with Crippen molar-refractivity contribution in [1.29, 1.82) is 0 Å². The molecule has 0 radical (unpaired) electrons. The Morgan fingerprint density at radius 1 is 0.740 bits per heavy atom. The molecule has 2 aliphatic heterocycles. The van der Waals surface area contributed by atoms with E-state index in [4.69, 9.17) is 18.6 Å². The monoisotopic (exact) mass is 690 g/mol. The number of hydrogen-bond donors (Lipinski definition) is 2. The van der Waals surface area contributed by atoms with Crippen molar-refractivity contribution in [3.63, 3.8) is 0 Å². The molecule has 2 aliphatic rings. The maximum absolute atomic E-state index is 14.4. The summed E-state index contributed by atoms with van der Waals surface area (Å²) in [5, 5.41) is 22.8. The van der Waals surface area contributed by atoms with E-state index in [2.05, 4.69) is 9.80 Å². The van der Waals surface area contributed by atoms with Gasteiger partial charge in [0.2, 0.25) is 5.43 Å². The quantitative estimate of drug-likeness (QED) is 0.0858. The van der Waals surface area contributed by atoms with Crippen LogP contribution in [0.5, 0.6) is 17.2 Å². The molecule has 1 aromatic heterocycles. The van der Waals surface area contributed by atoms with Crippen molar-refractivity contribution in [3.05, 3.63) is 62.3 Å². The van der Waals surface area contributed by atoms with Crippen LogP contribution in [0.1, 0.15) is 89.3 Å². The second-order valence-corrected chi connectivity index (χ2v) is 14.3. The van der Waals surface area contributed by atoms with Gasteiger partial charge in [0, 0.05) is 36.3 Å². The first kappa shape index (κ1) is 37.9. The molecule has 0 aliphatic carbocycles. The number of hydrogen-bond acceptors (Lipinski definition) is 9. The molecule has 0 bridgehead atoms. The fourth-order valence-electron chi connectivity index (χ4n) is 6.97. The number of allylic oxidation sites excluding steroid dienone is 4. The number of phenolic OH excluding ortho intramolecular Hbond substituents is 1. The van der Waals surface area contributed by atoms with Crippen molar-refractivity contribution in [2.75, 3.05) is 65.7 Å². The number of aliphatic hydroxyl groups is 1. The van der Waals surface area contributed by atoms with Crippen molar-refractivity contribution in [2.45, 2.75) is 92.1 Å². The van der Waals surface area contributed by atoms with E-state index in [9.17, 15) is 15.0 Å². The molecule has 9 heteroatoms. The molecule has 2 N–H and O–H groups in total. The number of ether oxygens (including phenoxy) is 3. The van der Waals surface area contributed by atoms with Crippen molar-refractivity contribution in [1.82, 2.24) is 9.80 Å². The van der Waals surface area contributed by atoms with Gasteiger partial charge in [0.1, 0.15) is 33.8 Å². The number of morpholine rings is 1. The first-order valence-electron chi connectivity index (χ1n) is 18.7. The number of rotatable bonds is 17. The zero-order valence-corrected chi connectivity index (χ0v) is 30.8. The highest BCUT2D eigenvalue weighted by atomic mass is 16.5. The van der Waals surface area contributed by atoms with E-state index in [0.717, 1.165) is 76.2 Å². The molecule has 3 aromatic rings. The Kier molecular flexibility index (Phi) is 14.2. The summed E-state index contributed by atoms with van der Waals surface area (Å²) in [4.78, 5) is 19.4. The fourth-order valence-corrected chi connectivity index (χ4v) is 6.97. The molecule has 2 fully saturated rings. The van der Waals surface area contributed by atoms with E-state index in [1.807, 2.05) is 39.8 Å². The van der Waals surface area contributed by atoms with Crippen molar-refractivity contribution in [2.24, 2.45) is 0 Å². The van der Waals surface area contributed by atoms with Crippen LogP contribution in [0.25, 0.3) is 21.9 Å². The van der Waals surface area contributed by atoms with Gasteiger partial charge in [-0.15, -0.1) is 0 Å². The van der Waals surface area contributed by atoms with Crippen molar-refractivity contribution < 1.29 is 28.8 Å². The molecule has 0 saturated carbocycles. The predicted molar refractivity (Wildman–Crippen MR) is 201 cm³/mol. The minimum atomic E-state index is -0.325. The number of benzene rings is 2. The van der Waals surface area contributed by atoms with E-state index < -0.39 is 0 Å². The van der Waals surface area contributed by atoms with Gasteiger partial charge >= 0.3 is 0 Å². The van der Waals surface area contributed by atoms with Crippen LogP contribution >= 0.6 is 0 Å². The molecule has 2 saturated heterocycles. The van der Waals surface area contributed by atoms with E-state index in [1.54, 1.807) is 12.1 Å². The van der Waals surface area contributed by atoms with Crippen LogP contribution in [0.2, 0.25) is 0 Å². The average Bonchev–Trinajstić information content (AvgIpc) is 3.10. The highest BCUT2D eigenvalue weighted by Crippen LogP contribution is 2.39. The van der Waals surface area contributed by atoms with Gasteiger partial charge in [-0.25, -0.2) is 0 Å². The first-order valence-corrected chi connectivity index (χ1v) is 18.7. The van der Waals surface area contributed by atoms with Crippen LogP contribution in [-0.4, -0.2) is 85.7 Å². The molecule has 9 nitrogen and oxygen atoms in total. The summed E-state index contributed by atoms with van der Waals surface area (Å²) >= 11 is 0. The van der Waals surface area contributed by atoms with Crippen LogP contribution in [-0.2, 0) is 24.2 Å². The molecule has 0 spiro atoms. The number of aromatic hydroxyl groups is 1. The zero-order chi connectivity index (χ0) is 35.5. The average molecular weight is 691 g/mol. The standard InChI is InChI=1S/C41H58N2O7/c1-29(2)12-14-31-33(28-44)35(49-23-11-9-19-43-20-24-47-25-21-43)27-36-38(31)41(46)39-37(50-36)26-34(32(40(39)45)15-13-30(3)4)48-22-10-8-18-42-16-6-5-7-17-42/h12-13,26-27,44-45H,5-11,14-25,28H2,1-4H3. The van der Waals surface area contributed by atoms with Crippen LogP contribution < -0.4 is 14.9 Å². The number of aliphatic hydroxyl groups excluding tert-OH is 1. The minimum absolute atomic E-state index is 0.113. The van der Waals surface area contributed by atoms with Gasteiger partial charge in [-0.3, -0.25) is 9.69 Å². The summed E-state index contributed by atoms with van der Waals surface area (Å²) in [5.74, 6) is 0.931. The van der Waals surface area contributed by atoms with Gasteiger partial charge in [0.15, 0.2) is 0 Å². The lowest BCUT2D eigenvalue weighted by molar-refractivity contribution is 0.0368. The largest absolute Gasteiger partial charge is 0.507 e. The van der Waals surface area contributed by atoms with Gasteiger partial charge in [-0.05, 0) is 111 Å². The number of unbranched alkanes of at least 4 members (excludes halogenated alkanes) is 2. The van der Waals surface area contributed by atoms with Crippen LogP contribution in [0.15, 0.2) is 44.6 Å². The summed E-state index contributed by atoms with van der Waals surface area (Å²) in [7, 11) is 0. The van der Waals surface area contributed by atoms with E-state index >= 15 is 0 Å². The third kappa shape index (κ3) is 9.90. The number of phenols is 1.